The van der Waals surface area contributed by atoms with E-state index in [1.807, 2.05) is 24.3 Å². The zero-order valence-electron chi connectivity index (χ0n) is 15.7. The summed E-state index contributed by atoms with van der Waals surface area (Å²) in [6.07, 6.45) is 5.02. The molecule has 0 amide bonds. The molecule has 0 spiro atoms. The molecule has 1 aliphatic heterocycles. The van der Waals surface area contributed by atoms with Gasteiger partial charge in [0.05, 0.1) is 0 Å². The van der Waals surface area contributed by atoms with Gasteiger partial charge in [-0.3, -0.25) is 0 Å². The minimum atomic E-state index is 0.604. The average molecular weight is 438 g/mol. The highest BCUT2D eigenvalue weighted by atomic mass is 79.9. The van der Waals surface area contributed by atoms with Crippen molar-refractivity contribution in [3.8, 4) is 0 Å². The van der Waals surface area contributed by atoms with Crippen molar-refractivity contribution in [2.75, 3.05) is 29.0 Å². The van der Waals surface area contributed by atoms with E-state index < -0.39 is 0 Å². The highest BCUT2D eigenvalue weighted by Gasteiger charge is 2.23. The Kier molecular flexibility index (Phi) is 5.76. The minimum absolute atomic E-state index is 0.604. The van der Waals surface area contributed by atoms with Gasteiger partial charge in [-0.2, -0.15) is 0 Å². The van der Waals surface area contributed by atoms with E-state index in [4.69, 9.17) is 5.73 Å². The first-order valence-corrected chi connectivity index (χ1v) is 10.4. The highest BCUT2D eigenvalue weighted by Crippen LogP contribution is 2.32. The van der Waals surface area contributed by atoms with Crippen LogP contribution in [0.3, 0.4) is 0 Å². The number of halogens is 1. The Labute approximate surface area is 174 Å². The van der Waals surface area contributed by atoms with Gasteiger partial charge in [-0.25, -0.2) is 9.97 Å². The summed E-state index contributed by atoms with van der Waals surface area (Å²) < 4.78 is 1.03. The number of piperidine rings is 1. The van der Waals surface area contributed by atoms with Gasteiger partial charge in [-0.1, -0.05) is 46.3 Å². The van der Waals surface area contributed by atoms with Crippen LogP contribution in [0.4, 0.5) is 23.0 Å². The molecule has 3 aromatic rings. The molecule has 6 heteroatoms. The molecule has 0 bridgehead atoms. The summed E-state index contributed by atoms with van der Waals surface area (Å²) in [5, 5.41) is 3.30. The predicted molar refractivity (Wildman–Crippen MR) is 119 cm³/mol. The number of nitrogens with zero attached hydrogens (tertiary/aromatic N) is 3. The van der Waals surface area contributed by atoms with Crippen LogP contribution in [0.1, 0.15) is 18.4 Å². The van der Waals surface area contributed by atoms with Crippen molar-refractivity contribution in [3.63, 3.8) is 0 Å². The lowest BCUT2D eigenvalue weighted by Gasteiger charge is -2.33. The summed E-state index contributed by atoms with van der Waals surface area (Å²) in [6.45, 7) is 1.94. The third-order valence-electron chi connectivity index (χ3n) is 5.25. The van der Waals surface area contributed by atoms with E-state index >= 15 is 0 Å². The summed E-state index contributed by atoms with van der Waals surface area (Å²) in [7, 11) is 0. The molecule has 0 unspecified atom stereocenters. The Morgan fingerprint density at radius 1 is 1.00 bits per heavy atom. The van der Waals surface area contributed by atoms with Crippen molar-refractivity contribution in [2.24, 2.45) is 5.92 Å². The molecule has 2 aromatic carbocycles. The third kappa shape index (κ3) is 4.44. The second-order valence-corrected chi connectivity index (χ2v) is 8.13. The average Bonchev–Trinajstić information content (AvgIpc) is 2.73. The van der Waals surface area contributed by atoms with Crippen LogP contribution in [-0.4, -0.2) is 23.1 Å². The quantitative estimate of drug-likeness (QED) is 0.585. The summed E-state index contributed by atoms with van der Waals surface area (Å²) in [4.78, 5) is 11.1. The predicted octanol–water partition coefficient (Wildman–Crippen LogP) is 5.02. The van der Waals surface area contributed by atoms with Crippen LogP contribution in [-0.2, 0) is 6.42 Å². The topological polar surface area (TPSA) is 67.1 Å². The lowest BCUT2D eigenvalue weighted by Crippen LogP contribution is -2.35. The van der Waals surface area contributed by atoms with Crippen LogP contribution in [0, 0.1) is 5.92 Å². The lowest BCUT2D eigenvalue weighted by molar-refractivity contribution is 0.402. The second kappa shape index (κ2) is 8.61. The van der Waals surface area contributed by atoms with Gasteiger partial charge in [0.25, 0.3) is 0 Å². The minimum Gasteiger partial charge on any atom is -0.393 e. The van der Waals surface area contributed by atoms with Crippen LogP contribution in [0.15, 0.2) is 65.4 Å². The summed E-state index contributed by atoms with van der Waals surface area (Å²) >= 11 is 3.45. The number of nitrogens with one attached hydrogen (secondary N) is 1. The molecule has 1 aliphatic rings. The van der Waals surface area contributed by atoms with Gasteiger partial charge in [0, 0.05) is 23.2 Å². The Bertz CT molecular complexity index is 906. The number of benzene rings is 2. The lowest BCUT2D eigenvalue weighted by atomic mass is 9.90. The molecule has 3 N–H and O–H groups in total. The summed E-state index contributed by atoms with van der Waals surface area (Å²) in [6, 6.07) is 18.7. The number of anilines is 4. The molecule has 0 atom stereocenters. The Hall–Kier alpha value is -2.60. The van der Waals surface area contributed by atoms with Crippen LogP contribution in [0.2, 0.25) is 0 Å². The maximum Gasteiger partial charge on any atom is 0.159 e. The molecular formula is C22H24BrN5. The normalized spacial score (nSPS) is 14.8. The Morgan fingerprint density at radius 3 is 2.43 bits per heavy atom. The monoisotopic (exact) mass is 437 g/mol. The number of rotatable bonds is 5. The van der Waals surface area contributed by atoms with Gasteiger partial charge in [0.15, 0.2) is 11.6 Å². The number of hydrogen-bond acceptors (Lipinski definition) is 5. The van der Waals surface area contributed by atoms with Gasteiger partial charge in [-0.15, -0.1) is 0 Å². The maximum atomic E-state index is 6.41. The molecule has 28 heavy (non-hydrogen) atoms. The largest absolute Gasteiger partial charge is 0.393 e. The van der Waals surface area contributed by atoms with Crippen LogP contribution in [0.5, 0.6) is 0 Å². The number of hydrogen-bond donors (Lipinski definition) is 2. The van der Waals surface area contributed by atoms with Gasteiger partial charge in [-0.05, 0) is 55.0 Å². The van der Waals surface area contributed by atoms with Crippen molar-refractivity contribution < 1.29 is 0 Å². The zero-order chi connectivity index (χ0) is 19.3. The Balaban J connectivity index is 1.41. The van der Waals surface area contributed by atoms with Gasteiger partial charge in [0.1, 0.15) is 12.0 Å². The van der Waals surface area contributed by atoms with E-state index in [1.165, 1.54) is 5.56 Å². The molecule has 5 nitrogen and oxygen atoms in total. The maximum absolute atomic E-state index is 6.41. The SMILES string of the molecule is Nc1c(Nc2ccc(Br)cc2)ncnc1N1CCC(Cc2ccccc2)CC1. The number of nitrogens with two attached hydrogens (primary N) is 1. The number of aromatic nitrogens is 2. The van der Waals surface area contributed by atoms with Crippen molar-refractivity contribution in [2.45, 2.75) is 19.3 Å². The first-order valence-electron chi connectivity index (χ1n) is 9.61. The van der Waals surface area contributed by atoms with Crippen LogP contribution < -0.4 is 16.0 Å². The van der Waals surface area contributed by atoms with Crippen LogP contribution in [0.25, 0.3) is 0 Å². The summed E-state index contributed by atoms with van der Waals surface area (Å²) in [5.41, 5.74) is 9.38. The van der Waals surface area contributed by atoms with Gasteiger partial charge >= 0.3 is 0 Å². The fraction of sp³-hybridized carbons (Fsp3) is 0.273. The van der Waals surface area contributed by atoms with Crippen molar-refractivity contribution in [1.29, 1.82) is 0 Å². The van der Waals surface area contributed by atoms with Crippen LogP contribution >= 0.6 is 15.9 Å². The van der Waals surface area contributed by atoms with E-state index in [2.05, 4.69) is 66.4 Å². The first-order chi connectivity index (χ1) is 13.7. The first kappa shape index (κ1) is 18.7. The van der Waals surface area contributed by atoms with Crippen molar-refractivity contribution in [3.05, 3.63) is 71.0 Å². The van der Waals surface area contributed by atoms with E-state index in [1.54, 1.807) is 6.33 Å². The van der Waals surface area contributed by atoms with E-state index in [9.17, 15) is 0 Å². The van der Waals surface area contributed by atoms with E-state index in [-0.39, 0.29) is 0 Å². The molecular weight excluding hydrogens is 414 g/mol. The molecule has 4 rings (SSSR count). The Morgan fingerprint density at radius 2 is 1.71 bits per heavy atom. The molecule has 0 saturated carbocycles. The standard InChI is InChI=1S/C22H24BrN5/c23-18-6-8-19(9-7-18)27-21-20(24)22(26-15-25-21)28-12-10-17(11-13-28)14-16-4-2-1-3-5-16/h1-9,15,17H,10-14,24H2,(H,25,26,27). The zero-order valence-corrected chi connectivity index (χ0v) is 17.3. The molecule has 0 radical (unpaired) electrons. The number of nitrogen functional groups attached to an aromatic ring is 1. The van der Waals surface area contributed by atoms with Gasteiger partial charge in [0.2, 0.25) is 0 Å². The molecule has 2 heterocycles. The highest BCUT2D eigenvalue weighted by molar-refractivity contribution is 9.10. The third-order valence-corrected chi connectivity index (χ3v) is 5.78. The summed E-state index contributed by atoms with van der Waals surface area (Å²) in [5.74, 6) is 2.19. The van der Waals surface area contributed by atoms with Crippen molar-refractivity contribution in [1.82, 2.24) is 9.97 Å². The molecule has 1 fully saturated rings. The molecule has 1 saturated heterocycles. The van der Waals surface area contributed by atoms with Gasteiger partial charge < -0.3 is 16.0 Å². The fourth-order valence-corrected chi connectivity index (χ4v) is 3.97. The second-order valence-electron chi connectivity index (χ2n) is 7.21. The molecule has 0 aliphatic carbocycles. The molecule has 144 valence electrons. The fourth-order valence-electron chi connectivity index (χ4n) is 3.70. The molecule has 1 aromatic heterocycles. The van der Waals surface area contributed by atoms with Crippen molar-refractivity contribution >= 4 is 38.9 Å². The van der Waals surface area contributed by atoms with E-state index in [0.717, 1.165) is 48.3 Å². The smallest absolute Gasteiger partial charge is 0.159 e. The van der Waals surface area contributed by atoms with E-state index in [0.29, 0.717) is 17.4 Å².